The zero-order valence-corrected chi connectivity index (χ0v) is 10.9. The summed E-state index contributed by atoms with van der Waals surface area (Å²) in [5.41, 5.74) is 0.452. The van der Waals surface area contributed by atoms with Crippen LogP contribution in [0, 0.1) is 6.92 Å². The first-order valence-corrected chi connectivity index (χ1v) is 5.37. The van der Waals surface area contributed by atoms with E-state index in [2.05, 4.69) is 0 Å². The molecule has 0 aliphatic heterocycles. The van der Waals surface area contributed by atoms with Gasteiger partial charge in [-0.2, -0.15) is 0 Å². The Labute approximate surface area is 101 Å². The van der Waals surface area contributed by atoms with Crippen LogP contribution in [0.25, 0.3) is 0 Å². The molecule has 0 aromatic heterocycles. The Morgan fingerprint density at radius 2 is 1.82 bits per heavy atom. The Balaban J connectivity index is 2.78. The minimum absolute atomic E-state index is 0.354. The second-order valence-electron chi connectivity index (χ2n) is 4.72. The molecule has 0 amide bonds. The van der Waals surface area contributed by atoms with Crippen molar-refractivity contribution in [1.82, 2.24) is 0 Å². The Morgan fingerprint density at radius 1 is 1.18 bits per heavy atom. The number of aryl methyl sites for hydroxylation is 1. The second kappa shape index (κ2) is 5.08. The molecule has 4 nitrogen and oxygen atoms in total. The van der Waals surface area contributed by atoms with E-state index in [0.29, 0.717) is 11.5 Å². The van der Waals surface area contributed by atoms with Gasteiger partial charge in [0.05, 0.1) is 7.11 Å². The molecule has 94 valence electrons. The van der Waals surface area contributed by atoms with Crippen molar-refractivity contribution in [2.75, 3.05) is 7.11 Å². The molecule has 0 N–H and O–H groups in total. The summed E-state index contributed by atoms with van der Waals surface area (Å²) in [5.74, 6) is 0.864. The molecule has 0 bridgehead atoms. The molecule has 0 atom stereocenters. The Hall–Kier alpha value is -1.71. The van der Waals surface area contributed by atoms with Crippen LogP contribution >= 0.6 is 0 Å². The summed E-state index contributed by atoms with van der Waals surface area (Å²) in [5, 5.41) is 0. The average Bonchev–Trinajstić information content (AvgIpc) is 2.17. The highest BCUT2D eigenvalue weighted by atomic mass is 16.7. The first-order valence-electron chi connectivity index (χ1n) is 5.37. The van der Waals surface area contributed by atoms with Crippen molar-refractivity contribution in [2.24, 2.45) is 0 Å². The number of rotatable bonds is 2. The highest BCUT2D eigenvalue weighted by molar-refractivity contribution is 5.66. The van der Waals surface area contributed by atoms with Gasteiger partial charge in [-0.05, 0) is 45.4 Å². The van der Waals surface area contributed by atoms with Gasteiger partial charge < -0.3 is 14.2 Å². The van der Waals surface area contributed by atoms with Crippen molar-refractivity contribution in [3.8, 4) is 11.5 Å². The molecule has 1 aromatic rings. The molecule has 0 heterocycles. The van der Waals surface area contributed by atoms with E-state index in [4.69, 9.17) is 14.2 Å². The minimum atomic E-state index is -0.736. The van der Waals surface area contributed by atoms with E-state index in [1.807, 2.05) is 13.0 Å². The molecule has 0 fully saturated rings. The van der Waals surface area contributed by atoms with Gasteiger partial charge in [-0.1, -0.05) is 6.07 Å². The smallest absolute Gasteiger partial charge is 0.493 e. The van der Waals surface area contributed by atoms with Gasteiger partial charge in [0.25, 0.3) is 0 Å². The maximum Gasteiger partial charge on any atom is 0.514 e. The highest BCUT2D eigenvalue weighted by Gasteiger charge is 2.19. The lowest BCUT2D eigenvalue weighted by atomic mass is 10.2. The van der Waals surface area contributed by atoms with Gasteiger partial charge in [0.1, 0.15) is 5.60 Å². The molecule has 1 aromatic carbocycles. The van der Waals surface area contributed by atoms with Crippen LogP contribution in [-0.4, -0.2) is 18.9 Å². The zero-order chi connectivity index (χ0) is 13.1. The van der Waals surface area contributed by atoms with E-state index in [1.54, 1.807) is 32.9 Å². The SMILES string of the molecule is COc1cc(C)ccc1OC(=O)OC(C)(C)C. The molecule has 0 unspecified atom stereocenters. The predicted molar refractivity (Wildman–Crippen MR) is 64.6 cm³/mol. The second-order valence-corrected chi connectivity index (χ2v) is 4.72. The van der Waals surface area contributed by atoms with E-state index < -0.39 is 11.8 Å². The van der Waals surface area contributed by atoms with Crippen molar-refractivity contribution < 1.29 is 19.0 Å². The van der Waals surface area contributed by atoms with Gasteiger partial charge >= 0.3 is 6.16 Å². The molecule has 0 radical (unpaired) electrons. The van der Waals surface area contributed by atoms with Crippen LogP contribution < -0.4 is 9.47 Å². The first-order chi connectivity index (χ1) is 7.81. The third-order valence-electron chi connectivity index (χ3n) is 1.90. The Kier molecular flexibility index (Phi) is 3.99. The first kappa shape index (κ1) is 13.4. The van der Waals surface area contributed by atoms with E-state index in [9.17, 15) is 4.79 Å². The van der Waals surface area contributed by atoms with Crippen LogP contribution in [0.1, 0.15) is 26.3 Å². The quantitative estimate of drug-likeness (QED) is 0.585. The normalized spacial score (nSPS) is 10.9. The average molecular weight is 238 g/mol. The number of methoxy groups -OCH3 is 1. The maximum atomic E-state index is 11.5. The van der Waals surface area contributed by atoms with Gasteiger partial charge in [-0.25, -0.2) is 4.79 Å². The molecule has 0 aliphatic carbocycles. The van der Waals surface area contributed by atoms with Crippen molar-refractivity contribution in [2.45, 2.75) is 33.3 Å². The van der Waals surface area contributed by atoms with Crippen LogP contribution in [0.4, 0.5) is 4.79 Å². The third kappa shape index (κ3) is 4.34. The molecule has 1 rings (SSSR count). The molecule has 0 saturated heterocycles. The Bertz CT molecular complexity index is 404. The topological polar surface area (TPSA) is 44.8 Å². The number of carbonyl (C=O) groups is 1. The minimum Gasteiger partial charge on any atom is -0.493 e. The predicted octanol–water partition coefficient (Wildman–Crippen LogP) is 3.32. The molecular weight excluding hydrogens is 220 g/mol. The van der Waals surface area contributed by atoms with Gasteiger partial charge in [0.2, 0.25) is 0 Å². The lowest BCUT2D eigenvalue weighted by molar-refractivity contribution is 0.0201. The van der Waals surface area contributed by atoms with Crippen LogP contribution in [0.2, 0.25) is 0 Å². The van der Waals surface area contributed by atoms with Gasteiger partial charge in [0.15, 0.2) is 11.5 Å². The van der Waals surface area contributed by atoms with E-state index >= 15 is 0 Å². The van der Waals surface area contributed by atoms with Crippen molar-refractivity contribution in [1.29, 1.82) is 0 Å². The largest absolute Gasteiger partial charge is 0.514 e. The van der Waals surface area contributed by atoms with Gasteiger partial charge in [0, 0.05) is 0 Å². The number of hydrogen-bond acceptors (Lipinski definition) is 4. The molecule has 17 heavy (non-hydrogen) atoms. The number of benzene rings is 1. The standard InChI is InChI=1S/C13H18O4/c1-9-6-7-10(11(8-9)15-5)16-12(14)17-13(2,3)4/h6-8H,1-5H3. The van der Waals surface area contributed by atoms with E-state index in [-0.39, 0.29) is 0 Å². The highest BCUT2D eigenvalue weighted by Crippen LogP contribution is 2.28. The fraction of sp³-hybridized carbons (Fsp3) is 0.462. The summed E-state index contributed by atoms with van der Waals surface area (Å²) < 4.78 is 15.3. The molecule has 0 aliphatic rings. The Morgan fingerprint density at radius 3 is 2.35 bits per heavy atom. The zero-order valence-electron chi connectivity index (χ0n) is 10.9. The number of carbonyl (C=O) groups excluding carboxylic acids is 1. The lowest BCUT2D eigenvalue weighted by Gasteiger charge is -2.19. The molecule has 0 spiro atoms. The van der Waals surface area contributed by atoms with E-state index in [0.717, 1.165) is 5.56 Å². The summed E-state index contributed by atoms with van der Waals surface area (Å²) in [4.78, 5) is 11.5. The fourth-order valence-corrected chi connectivity index (χ4v) is 1.22. The molecule has 0 saturated carbocycles. The maximum absolute atomic E-state index is 11.5. The summed E-state index contributed by atoms with van der Waals surface area (Å²) in [6.07, 6.45) is -0.736. The molecular formula is C13H18O4. The number of hydrogen-bond donors (Lipinski definition) is 0. The van der Waals surface area contributed by atoms with Crippen LogP contribution in [0.15, 0.2) is 18.2 Å². The third-order valence-corrected chi connectivity index (χ3v) is 1.90. The monoisotopic (exact) mass is 238 g/mol. The van der Waals surface area contributed by atoms with Crippen LogP contribution in [-0.2, 0) is 4.74 Å². The fourth-order valence-electron chi connectivity index (χ4n) is 1.22. The van der Waals surface area contributed by atoms with Crippen LogP contribution in [0.3, 0.4) is 0 Å². The van der Waals surface area contributed by atoms with Gasteiger partial charge in [-0.15, -0.1) is 0 Å². The summed E-state index contributed by atoms with van der Waals surface area (Å²) >= 11 is 0. The van der Waals surface area contributed by atoms with Crippen LogP contribution in [0.5, 0.6) is 11.5 Å². The van der Waals surface area contributed by atoms with Crippen molar-refractivity contribution in [3.05, 3.63) is 23.8 Å². The van der Waals surface area contributed by atoms with Crippen molar-refractivity contribution in [3.63, 3.8) is 0 Å². The van der Waals surface area contributed by atoms with E-state index in [1.165, 1.54) is 7.11 Å². The molecule has 4 heteroatoms. The lowest BCUT2D eigenvalue weighted by Crippen LogP contribution is -2.26. The van der Waals surface area contributed by atoms with Crippen molar-refractivity contribution >= 4 is 6.16 Å². The summed E-state index contributed by atoms with van der Waals surface area (Å²) in [6.45, 7) is 7.27. The summed E-state index contributed by atoms with van der Waals surface area (Å²) in [7, 11) is 1.52. The van der Waals surface area contributed by atoms with Gasteiger partial charge in [-0.3, -0.25) is 0 Å². The summed E-state index contributed by atoms with van der Waals surface area (Å²) in [6, 6.07) is 5.31. The number of ether oxygens (including phenoxy) is 3.